The summed E-state index contributed by atoms with van der Waals surface area (Å²) in [6.45, 7) is 7.32. The zero-order valence-corrected chi connectivity index (χ0v) is 20.1. The van der Waals surface area contributed by atoms with Crippen LogP contribution in [0.15, 0.2) is 42.5 Å². The van der Waals surface area contributed by atoms with Crippen LogP contribution in [0.2, 0.25) is 0 Å². The molecule has 1 aliphatic heterocycles. The van der Waals surface area contributed by atoms with Gasteiger partial charge in [0.05, 0.1) is 28.8 Å². The Morgan fingerprint density at radius 3 is 2.24 bits per heavy atom. The van der Waals surface area contributed by atoms with Gasteiger partial charge in [0.15, 0.2) is 0 Å². The Bertz CT molecular complexity index is 1170. The van der Waals surface area contributed by atoms with Crippen LogP contribution in [0.3, 0.4) is 0 Å². The zero-order chi connectivity index (χ0) is 23.9. The average molecular weight is 472 g/mol. The van der Waals surface area contributed by atoms with E-state index in [0.29, 0.717) is 36.4 Å². The van der Waals surface area contributed by atoms with Crippen molar-refractivity contribution in [1.29, 1.82) is 0 Å². The van der Waals surface area contributed by atoms with Crippen molar-refractivity contribution in [3.05, 3.63) is 42.5 Å². The van der Waals surface area contributed by atoms with E-state index in [9.17, 15) is 18.0 Å². The molecule has 33 heavy (non-hydrogen) atoms. The Morgan fingerprint density at radius 1 is 1.03 bits per heavy atom. The molecule has 9 heteroatoms. The number of ether oxygens (including phenoxy) is 1. The van der Waals surface area contributed by atoms with Crippen LogP contribution in [0.4, 0.5) is 21.9 Å². The number of amides is 2. The van der Waals surface area contributed by atoms with Crippen LogP contribution in [0.5, 0.6) is 0 Å². The number of fused-ring (bicyclic) bond motifs is 1. The van der Waals surface area contributed by atoms with E-state index in [2.05, 4.69) is 4.72 Å². The van der Waals surface area contributed by atoms with E-state index in [-0.39, 0.29) is 23.3 Å². The zero-order valence-electron chi connectivity index (χ0n) is 19.2. The first kappa shape index (κ1) is 23.1. The first-order chi connectivity index (χ1) is 15.6. The van der Waals surface area contributed by atoms with E-state index in [4.69, 9.17) is 4.74 Å². The highest BCUT2D eigenvalue weighted by Crippen LogP contribution is 2.39. The van der Waals surface area contributed by atoms with Crippen LogP contribution < -0.4 is 14.5 Å². The van der Waals surface area contributed by atoms with Gasteiger partial charge in [-0.05, 0) is 69.0 Å². The van der Waals surface area contributed by atoms with E-state index >= 15 is 0 Å². The molecule has 0 aromatic heterocycles. The smallest absolute Gasteiger partial charge is 0.414 e. The summed E-state index contributed by atoms with van der Waals surface area (Å²) in [6, 6.07) is 12.5. The standard InChI is InChI=1S/C24H29N3O5S/c1-15(2)32-24(29)26-14-16(3)27(17(4)28)22-12-7-19(13-23(22)26)18-5-8-20(9-6-18)25-33(30,31)21-10-11-21/h5-9,12-13,15-16,21,25H,10-11,14H2,1-4H3. The van der Waals surface area contributed by atoms with Gasteiger partial charge in [-0.2, -0.15) is 0 Å². The predicted molar refractivity (Wildman–Crippen MR) is 129 cm³/mol. The molecule has 1 unspecified atom stereocenters. The van der Waals surface area contributed by atoms with E-state index < -0.39 is 16.1 Å². The number of carbonyl (C=O) groups is 2. The topological polar surface area (TPSA) is 96.0 Å². The summed E-state index contributed by atoms with van der Waals surface area (Å²) in [6.07, 6.45) is 0.683. The molecule has 0 radical (unpaired) electrons. The Labute approximate surface area is 194 Å². The number of carbonyl (C=O) groups excluding carboxylic acids is 2. The maximum absolute atomic E-state index is 12.8. The second-order valence-electron chi connectivity index (χ2n) is 8.91. The third-order valence-corrected chi connectivity index (χ3v) is 7.62. The fourth-order valence-corrected chi connectivity index (χ4v) is 5.47. The van der Waals surface area contributed by atoms with Crippen molar-refractivity contribution < 1.29 is 22.7 Å². The van der Waals surface area contributed by atoms with E-state index in [1.807, 2.05) is 37.3 Å². The third kappa shape index (κ3) is 4.83. The van der Waals surface area contributed by atoms with Gasteiger partial charge in [-0.15, -0.1) is 0 Å². The molecule has 4 rings (SSSR count). The molecule has 0 bridgehead atoms. The molecule has 1 heterocycles. The number of benzene rings is 2. The highest BCUT2D eigenvalue weighted by molar-refractivity contribution is 7.93. The van der Waals surface area contributed by atoms with Gasteiger partial charge in [0, 0.05) is 19.2 Å². The van der Waals surface area contributed by atoms with Crippen LogP contribution in [0.1, 0.15) is 40.5 Å². The molecule has 2 aromatic rings. The summed E-state index contributed by atoms with van der Waals surface area (Å²) >= 11 is 0. The van der Waals surface area contributed by atoms with Crippen molar-refractivity contribution in [1.82, 2.24) is 0 Å². The minimum atomic E-state index is -3.32. The fourth-order valence-electron chi connectivity index (χ4n) is 4.08. The molecule has 176 valence electrons. The number of nitrogens with one attached hydrogen (secondary N) is 1. The number of sulfonamides is 1. The minimum Gasteiger partial charge on any atom is -0.446 e. The second-order valence-corrected chi connectivity index (χ2v) is 10.9. The first-order valence-electron chi connectivity index (χ1n) is 11.1. The summed E-state index contributed by atoms with van der Waals surface area (Å²) in [7, 11) is -3.32. The van der Waals surface area contributed by atoms with Crippen molar-refractivity contribution in [2.45, 2.75) is 57.9 Å². The SMILES string of the molecule is CC(=O)N1c2ccc(-c3ccc(NS(=O)(=O)C4CC4)cc3)cc2N(C(=O)OC(C)C)CC1C. The summed E-state index contributed by atoms with van der Waals surface area (Å²) in [5, 5.41) is -0.291. The number of rotatable bonds is 5. The fraction of sp³-hybridized carbons (Fsp3) is 0.417. The summed E-state index contributed by atoms with van der Waals surface area (Å²) in [5.74, 6) is -0.0966. The van der Waals surface area contributed by atoms with Gasteiger partial charge in [0.2, 0.25) is 15.9 Å². The van der Waals surface area contributed by atoms with Crippen LogP contribution in [-0.2, 0) is 19.6 Å². The van der Waals surface area contributed by atoms with E-state index in [0.717, 1.165) is 11.1 Å². The van der Waals surface area contributed by atoms with Gasteiger partial charge < -0.3 is 9.64 Å². The Kier molecular flexibility index (Phi) is 6.09. The summed E-state index contributed by atoms with van der Waals surface area (Å²) in [4.78, 5) is 28.4. The van der Waals surface area contributed by atoms with Crippen LogP contribution in [-0.4, -0.2) is 44.4 Å². The number of anilines is 3. The van der Waals surface area contributed by atoms with Gasteiger partial charge in [-0.3, -0.25) is 14.4 Å². The molecule has 2 aromatic carbocycles. The largest absolute Gasteiger partial charge is 0.446 e. The van der Waals surface area contributed by atoms with Gasteiger partial charge in [-0.25, -0.2) is 13.2 Å². The van der Waals surface area contributed by atoms with E-state index in [1.165, 1.54) is 6.92 Å². The quantitative estimate of drug-likeness (QED) is 0.699. The Balaban J connectivity index is 1.67. The molecule has 1 atom stereocenters. The lowest BCUT2D eigenvalue weighted by atomic mass is 10.0. The Morgan fingerprint density at radius 2 is 1.67 bits per heavy atom. The molecule has 8 nitrogen and oxygen atoms in total. The number of nitrogens with zero attached hydrogens (tertiary/aromatic N) is 2. The summed E-state index contributed by atoms with van der Waals surface area (Å²) < 4.78 is 32.4. The molecular weight excluding hydrogens is 442 g/mol. The highest BCUT2D eigenvalue weighted by atomic mass is 32.2. The molecule has 0 saturated heterocycles. The van der Waals surface area contributed by atoms with E-state index in [1.54, 1.807) is 35.8 Å². The third-order valence-electron chi connectivity index (χ3n) is 5.75. The minimum absolute atomic E-state index is 0.0966. The van der Waals surface area contributed by atoms with Gasteiger partial charge in [0.1, 0.15) is 0 Å². The van der Waals surface area contributed by atoms with Gasteiger partial charge in [0.25, 0.3) is 0 Å². The normalized spacial score (nSPS) is 18.2. The van der Waals surface area contributed by atoms with Crippen LogP contribution >= 0.6 is 0 Å². The Hall–Kier alpha value is -3.07. The van der Waals surface area contributed by atoms with Gasteiger partial charge >= 0.3 is 6.09 Å². The van der Waals surface area contributed by atoms with Crippen molar-refractivity contribution in [2.75, 3.05) is 21.1 Å². The lowest BCUT2D eigenvalue weighted by Gasteiger charge is -2.40. The van der Waals surface area contributed by atoms with Gasteiger partial charge in [-0.1, -0.05) is 18.2 Å². The van der Waals surface area contributed by atoms with Crippen LogP contribution in [0.25, 0.3) is 11.1 Å². The van der Waals surface area contributed by atoms with Crippen molar-refractivity contribution in [3.8, 4) is 11.1 Å². The molecule has 2 amide bonds. The lowest BCUT2D eigenvalue weighted by molar-refractivity contribution is -0.117. The molecule has 1 N–H and O–H groups in total. The first-order valence-corrected chi connectivity index (χ1v) is 12.7. The second kappa shape index (κ2) is 8.70. The monoisotopic (exact) mass is 471 g/mol. The molecule has 0 spiro atoms. The molecule has 1 fully saturated rings. The molecule has 1 aliphatic carbocycles. The van der Waals surface area contributed by atoms with Crippen molar-refractivity contribution in [3.63, 3.8) is 0 Å². The maximum atomic E-state index is 12.8. The number of hydrogen-bond donors (Lipinski definition) is 1. The lowest BCUT2D eigenvalue weighted by Crippen LogP contribution is -2.51. The predicted octanol–water partition coefficient (Wildman–Crippen LogP) is 4.36. The molecule has 1 saturated carbocycles. The molecular formula is C24H29N3O5S. The summed E-state index contributed by atoms with van der Waals surface area (Å²) in [5.41, 5.74) is 3.47. The highest BCUT2D eigenvalue weighted by Gasteiger charge is 2.36. The van der Waals surface area contributed by atoms with Crippen molar-refractivity contribution >= 4 is 39.1 Å². The van der Waals surface area contributed by atoms with Crippen LogP contribution in [0, 0.1) is 0 Å². The molecule has 2 aliphatic rings. The van der Waals surface area contributed by atoms with Crippen molar-refractivity contribution in [2.24, 2.45) is 0 Å². The maximum Gasteiger partial charge on any atom is 0.414 e. The average Bonchev–Trinajstić information content (AvgIpc) is 3.58. The number of hydrogen-bond acceptors (Lipinski definition) is 5.